The van der Waals surface area contributed by atoms with Gasteiger partial charge >= 0.3 is 12.3 Å². The molecule has 0 bridgehead atoms. The van der Waals surface area contributed by atoms with E-state index in [-0.39, 0.29) is 13.2 Å². The molecule has 0 radical (unpaired) electrons. The van der Waals surface area contributed by atoms with Gasteiger partial charge in [0.25, 0.3) is 5.56 Å². The molecule has 0 atom stereocenters. The molecule has 0 spiro atoms. The van der Waals surface area contributed by atoms with Crippen LogP contribution in [0.5, 0.6) is 0 Å². The van der Waals surface area contributed by atoms with Crippen molar-refractivity contribution in [2.24, 2.45) is 0 Å². The van der Waals surface area contributed by atoms with Crippen molar-refractivity contribution in [1.29, 1.82) is 0 Å². The topological polar surface area (TPSA) is 44.1 Å². The lowest BCUT2D eigenvalue weighted by atomic mass is 10.4. The number of hydrogen-bond acceptors (Lipinski definition) is 3. The summed E-state index contributed by atoms with van der Waals surface area (Å²) in [7, 11) is 0. The maximum Gasteiger partial charge on any atom is 0.330 e. The zero-order chi connectivity index (χ0) is 13.8. The van der Waals surface area contributed by atoms with Crippen LogP contribution in [-0.4, -0.2) is 35.3 Å². The highest BCUT2D eigenvalue weighted by molar-refractivity contribution is 4.96. The summed E-state index contributed by atoms with van der Waals surface area (Å²) in [6.07, 6.45) is -3.77. The molecular formula is C10H12F4N2O2. The summed E-state index contributed by atoms with van der Waals surface area (Å²) >= 11 is 0. The van der Waals surface area contributed by atoms with Crippen molar-refractivity contribution in [3.63, 3.8) is 0 Å². The molecule has 0 aromatic carbocycles. The van der Waals surface area contributed by atoms with Gasteiger partial charge in [0.05, 0.1) is 18.8 Å². The molecule has 0 unspecified atom stereocenters. The van der Waals surface area contributed by atoms with Gasteiger partial charge in [0.1, 0.15) is 6.61 Å². The molecular weight excluding hydrogens is 256 g/mol. The summed E-state index contributed by atoms with van der Waals surface area (Å²) in [5.41, 5.74) is 0.164. The minimum Gasteiger partial charge on any atom is -0.373 e. The Bertz CT molecular complexity index is 448. The molecule has 0 aliphatic rings. The van der Waals surface area contributed by atoms with Gasteiger partial charge in [0.15, 0.2) is 0 Å². The van der Waals surface area contributed by atoms with E-state index in [1.807, 2.05) is 0 Å². The summed E-state index contributed by atoms with van der Waals surface area (Å²) < 4.78 is 53.9. The quantitative estimate of drug-likeness (QED) is 0.579. The summed E-state index contributed by atoms with van der Waals surface area (Å²) in [5.74, 6) is -4.18. The van der Waals surface area contributed by atoms with Crippen LogP contribution in [0.1, 0.15) is 5.69 Å². The number of aryl methyl sites for hydroxylation is 1. The number of alkyl halides is 4. The van der Waals surface area contributed by atoms with Crippen molar-refractivity contribution in [3.05, 3.63) is 28.2 Å². The smallest absolute Gasteiger partial charge is 0.330 e. The van der Waals surface area contributed by atoms with Crippen molar-refractivity contribution < 1.29 is 22.3 Å². The van der Waals surface area contributed by atoms with Crippen LogP contribution in [0.2, 0.25) is 0 Å². The molecule has 0 aliphatic carbocycles. The van der Waals surface area contributed by atoms with Gasteiger partial charge in [0, 0.05) is 6.07 Å². The van der Waals surface area contributed by atoms with E-state index < -0.39 is 24.5 Å². The summed E-state index contributed by atoms with van der Waals surface area (Å²) in [6, 6.07) is 2.78. The van der Waals surface area contributed by atoms with E-state index in [0.29, 0.717) is 5.69 Å². The molecule has 0 saturated carbocycles. The lowest BCUT2D eigenvalue weighted by molar-refractivity contribution is -0.166. The van der Waals surface area contributed by atoms with Crippen molar-refractivity contribution in [2.75, 3.05) is 13.2 Å². The molecule has 0 aliphatic heterocycles. The van der Waals surface area contributed by atoms with Crippen LogP contribution >= 0.6 is 0 Å². The van der Waals surface area contributed by atoms with Crippen LogP contribution in [0.15, 0.2) is 16.9 Å². The van der Waals surface area contributed by atoms with Crippen LogP contribution in [-0.2, 0) is 11.3 Å². The van der Waals surface area contributed by atoms with E-state index in [1.165, 1.54) is 12.1 Å². The second-order valence-corrected chi connectivity index (χ2v) is 3.65. The first kappa shape index (κ1) is 14.6. The van der Waals surface area contributed by atoms with Gasteiger partial charge < -0.3 is 4.74 Å². The lowest BCUT2D eigenvalue weighted by Gasteiger charge is -2.15. The third-order valence-electron chi connectivity index (χ3n) is 2.06. The average Bonchev–Trinajstić information content (AvgIpc) is 2.28. The van der Waals surface area contributed by atoms with E-state index in [1.54, 1.807) is 6.92 Å². The first-order valence-corrected chi connectivity index (χ1v) is 5.11. The van der Waals surface area contributed by atoms with E-state index in [9.17, 15) is 22.4 Å². The number of rotatable bonds is 6. The van der Waals surface area contributed by atoms with Crippen molar-refractivity contribution in [1.82, 2.24) is 9.78 Å². The van der Waals surface area contributed by atoms with E-state index in [0.717, 1.165) is 4.68 Å². The number of nitrogens with zero attached hydrogens (tertiary/aromatic N) is 2. The van der Waals surface area contributed by atoms with Crippen molar-refractivity contribution in [2.45, 2.75) is 25.8 Å². The first-order chi connectivity index (χ1) is 8.33. The Morgan fingerprint density at radius 1 is 1.44 bits per heavy atom. The first-order valence-electron chi connectivity index (χ1n) is 5.11. The molecule has 1 rings (SSSR count). The normalized spacial score (nSPS) is 12.1. The Balaban J connectivity index is 2.43. The fraction of sp³-hybridized carbons (Fsp3) is 0.600. The minimum atomic E-state index is -4.18. The Kier molecular flexibility index (Phi) is 4.83. The summed E-state index contributed by atoms with van der Waals surface area (Å²) in [6.45, 7) is -0.0918. The highest BCUT2D eigenvalue weighted by atomic mass is 19.3. The van der Waals surface area contributed by atoms with Crippen LogP contribution < -0.4 is 5.56 Å². The fourth-order valence-corrected chi connectivity index (χ4v) is 1.13. The molecule has 0 saturated heterocycles. The summed E-state index contributed by atoms with van der Waals surface area (Å²) in [5, 5.41) is 3.83. The highest BCUT2D eigenvalue weighted by Gasteiger charge is 2.40. The Labute approximate surface area is 100 Å². The van der Waals surface area contributed by atoms with Crippen LogP contribution in [0.4, 0.5) is 17.6 Å². The molecule has 0 amide bonds. The van der Waals surface area contributed by atoms with Gasteiger partial charge in [-0.25, -0.2) is 13.5 Å². The monoisotopic (exact) mass is 268 g/mol. The Morgan fingerprint density at radius 2 is 2.11 bits per heavy atom. The fourth-order valence-electron chi connectivity index (χ4n) is 1.13. The van der Waals surface area contributed by atoms with Gasteiger partial charge in [-0.2, -0.15) is 13.9 Å². The average molecular weight is 268 g/mol. The molecule has 18 heavy (non-hydrogen) atoms. The Morgan fingerprint density at radius 3 is 2.72 bits per heavy atom. The highest BCUT2D eigenvalue weighted by Crippen LogP contribution is 2.22. The van der Waals surface area contributed by atoms with E-state index in [4.69, 9.17) is 0 Å². The predicted octanol–water partition coefficient (Wildman–Crippen LogP) is 1.47. The zero-order valence-electron chi connectivity index (χ0n) is 9.58. The van der Waals surface area contributed by atoms with Crippen molar-refractivity contribution in [3.8, 4) is 0 Å². The molecule has 4 nitrogen and oxygen atoms in total. The van der Waals surface area contributed by atoms with E-state index in [2.05, 4.69) is 9.84 Å². The number of hydrogen-bond donors (Lipinski definition) is 0. The Hall–Kier alpha value is -1.44. The molecule has 8 heteroatoms. The van der Waals surface area contributed by atoms with Crippen LogP contribution in [0.3, 0.4) is 0 Å². The maximum atomic E-state index is 12.5. The standard InChI is InChI=1S/C10H12F4N2O2/c1-7-2-3-8(17)16(15-7)4-5-18-6-10(13,14)9(11)12/h2-3,9H,4-6H2,1H3. The third kappa shape index (κ3) is 4.10. The molecule has 0 fully saturated rings. The lowest BCUT2D eigenvalue weighted by Crippen LogP contribution is -2.33. The second-order valence-electron chi connectivity index (χ2n) is 3.65. The maximum absolute atomic E-state index is 12.5. The molecule has 1 aromatic heterocycles. The largest absolute Gasteiger partial charge is 0.373 e. The zero-order valence-corrected chi connectivity index (χ0v) is 9.58. The second kappa shape index (κ2) is 5.94. The summed E-state index contributed by atoms with van der Waals surface area (Å²) in [4.78, 5) is 11.2. The van der Waals surface area contributed by atoms with Gasteiger partial charge in [-0.1, -0.05) is 0 Å². The molecule has 1 aromatic rings. The predicted molar refractivity (Wildman–Crippen MR) is 55.0 cm³/mol. The van der Waals surface area contributed by atoms with E-state index >= 15 is 0 Å². The third-order valence-corrected chi connectivity index (χ3v) is 2.06. The van der Waals surface area contributed by atoms with Crippen LogP contribution in [0, 0.1) is 6.92 Å². The van der Waals surface area contributed by atoms with Gasteiger partial charge in [-0.05, 0) is 13.0 Å². The number of aromatic nitrogens is 2. The molecule has 1 heterocycles. The van der Waals surface area contributed by atoms with Crippen LogP contribution in [0.25, 0.3) is 0 Å². The number of ether oxygens (including phenoxy) is 1. The molecule has 0 N–H and O–H groups in total. The van der Waals surface area contributed by atoms with Crippen molar-refractivity contribution >= 4 is 0 Å². The van der Waals surface area contributed by atoms with Gasteiger partial charge in [-0.3, -0.25) is 4.79 Å². The van der Waals surface area contributed by atoms with Gasteiger partial charge in [0.2, 0.25) is 0 Å². The SMILES string of the molecule is Cc1ccc(=O)n(CCOCC(F)(F)C(F)F)n1. The van der Waals surface area contributed by atoms with Gasteiger partial charge in [-0.15, -0.1) is 0 Å². The minimum absolute atomic E-state index is 0.0696. The molecule has 102 valence electrons. The number of halogens is 4.